The van der Waals surface area contributed by atoms with Crippen LogP contribution in [0.3, 0.4) is 0 Å². The normalized spacial score (nSPS) is 12.6. The monoisotopic (exact) mass is 579 g/mol. The summed E-state index contributed by atoms with van der Waals surface area (Å²) in [4.78, 5) is 12.5. The molecule has 196 valence electrons. The number of carbonyl (C=O) groups is 1. The summed E-state index contributed by atoms with van der Waals surface area (Å²) in [6, 6.07) is 24.7. The number of carbonyl (C=O) groups excluding carboxylic acids is 1. The lowest BCUT2D eigenvalue weighted by Gasteiger charge is -2.33. The molecule has 0 aliphatic carbocycles. The van der Waals surface area contributed by atoms with Gasteiger partial charge < -0.3 is 14.8 Å². The molecule has 0 heterocycles. The Morgan fingerprint density at radius 2 is 1.63 bits per heavy atom. The van der Waals surface area contributed by atoms with Gasteiger partial charge in [0.25, 0.3) is 0 Å². The molecule has 7 heteroatoms. The van der Waals surface area contributed by atoms with E-state index in [0.29, 0.717) is 35.5 Å². The Balaban J connectivity index is 1.75. The first kappa shape index (κ1) is 27.5. The van der Waals surface area contributed by atoms with Crippen molar-refractivity contribution in [3.63, 3.8) is 0 Å². The van der Waals surface area contributed by atoms with Crippen LogP contribution in [-0.4, -0.2) is 19.7 Å². The van der Waals surface area contributed by atoms with Crippen molar-refractivity contribution in [2.75, 3.05) is 19.0 Å². The van der Waals surface area contributed by atoms with Crippen LogP contribution >= 0.6 is 15.9 Å². The summed E-state index contributed by atoms with van der Waals surface area (Å²) in [5, 5.41) is 3.37. The summed E-state index contributed by atoms with van der Waals surface area (Å²) >= 11 is 3.60. The van der Waals surface area contributed by atoms with Gasteiger partial charge in [-0.25, -0.2) is 13.6 Å². The minimum absolute atomic E-state index is 0.327. The zero-order valence-electron chi connectivity index (χ0n) is 21.4. The highest BCUT2D eigenvalue weighted by Gasteiger charge is 2.32. The van der Waals surface area contributed by atoms with Crippen LogP contribution in [0.25, 0.3) is 11.1 Å². The van der Waals surface area contributed by atoms with E-state index in [4.69, 9.17) is 9.47 Å². The van der Waals surface area contributed by atoms with Gasteiger partial charge in [-0.05, 0) is 78.1 Å². The molecule has 0 saturated carbocycles. The second-order valence-electron chi connectivity index (χ2n) is 8.87. The van der Waals surface area contributed by atoms with Crippen molar-refractivity contribution in [1.29, 1.82) is 0 Å². The topological polar surface area (TPSA) is 47.6 Å². The zero-order chi connectivity index (χ0) is 27.3. The summed E-state index contributed by atoms with van der Waals surface area (Å²) in [6.07, 6.45) is 0. The predicted octanol–water partition coefficient (Wildman–Crippen LogP) is 8.09. The average Bonchev–Trinajstić information content (AvgIpc) is 2.93. The number of nitrogens with one attached hydrogen (secondary N) is 1. The Morgan fingerprint density at radius 1 is 0.921 bits per heavy atom. The third-order valence-electron chi connectivity index (χ3n) is 6.49. The van der Waals surface area contributed by atoms with E-state index in [-0.39, 0.29) is 0 Å². The van der Waals surface area contributed by atoms with E-state index >= 15 is 0 Å². The molecule has 0 spiro atoms. The van der Waals surface area contributed by atoms with E-state index < -0.39 is 23.2 Å². The van der Waals surface area contributed by atoms with Crippen LogP contribution in [-0.2, 0) is 21.6 Å². The first-order valence-electron chi connectivity index (χ1n) is 12.2. The van der Waals surface area contributed by atoms with Crippen molar-refractivity contribution in [2.24, 2.45) is 0 Å². The third-order valence-corrected chi connectivity index (χ3v) is 6.98. The quantitative estimate of drug-likeness (QED) is 0.203. The second kappa shape index (κ2) is 11.9. The molecule has 0 saturated heterocycles. The molecule has 1 unspecified atom stereocenters. The lowest BCUT2D eigenvalue weighted by atomic mass is 9.84. The van der Waals surface area contributed by atoms with Gasteiger partial charge in [-0.15, -0.1) is 0 Å². The van der Waals surface area contributed by atoms with E-state index in [0.717, 1.165) is 33.3 Å². The van der Waals surface area contributed by atoms with Crippen LogP contribution in [0.5, 0.6) is 0 Å². The molecule has 4 aromatic rings. The number of ether oxygens (including phenoxy) is 2. The van der Waals surface area contributed by atoms with Crippen LogP contribution < -0.4 is 5.32 Å². The van der Waals surface area contributed by atoms with Crippen LogP contribution in [0.2, 0.25) is 0 Å². The van der Waals surface area contributed by atoms with Crippen LogP contribution in [0.15, 0.2) is 89.4 Å². The van der Waals surface area contributed by atoms with Crippen molar-refractivity contribution < 1.29 is 23.0 Å². The maximum atomic E-state index is 13.9. The van der Waals surface area contributed by atoms with Gasteiger partial charge >= 0.3 is 5.97 Å². The molecule has 38 heavy (non-hydrogen) atoms. The van der Waals surface area contributed by atoms with Crippen LogP contribution in [0, 0.1) is 11.6 Å². The number of benzene rings is 4. The van der Waals surface area contributed by atoms with E-state index in [1.165, 1.54) is 13.2 Å². The van der Waals surface area contributed by atoms with Gasteiger partial charge in [0.1, 0.15) is 5.60 Å². The molecule has 4 aromatic carbocycles. The van der Waals surface area contributed by atoms with E-state index in [1.54, 1.807) is 18.2 Å². The van der Waals surface area contributed by atoms with Crippen LogP contribution in [0.4, 0.5) is 14.5 Å². The smallest absolute Gasteiger partial charge is 0.339 e. The van der Waals surface area contributed by atoms with E-state index in [1.807, 2.05) is 62.4 Å². The standard InChI is InChI=1S/C31H28BrF2NO3/c1-4-38-31(2,23-8-6-5-7-9-23)26-18-24(32)13-10-22(26)19-35-29-17-21(11-14-25(29)30(36)37-3)20-12-15-27(33)28(34)16-20/h5-18,35H,4,19H2,1-3H3. The lowest BCUT2D eigenvalue weighted by molar-refractivity contribution is 0.00341. The number of rotatable bonds is 9. The SMILES string of the molecule is CCOC(C)(c1ccccc1)c1cc(Br)ccc1CNc1cc(-c2ccc(F)c(F)c2)ccc1C(=O)OC. The molecule has 4 nitrogen and oxygen atoms in total. The summed E-state index contributed by atoms with van der Waals surface area (Å²) in [6.45, 7) is 4.88. The van der Waals surface area contributed by atoms with E-state index in [9.17, 15) is 13.6 Å². The fraction of sp³-hybridized carbons (Fsp3) is 0.194. The number of methoxy groups -OCH3 is 1. The maximum absolute atomic E-state index is 13.9. The first-order valence-corrected chi connectivity index (χ1v) is 13.0. The molecule has 0 aliphatic heterocycles. The van der Waals surface area contributed by atoms with Crippen molar-refractivity contribution in [3.05, 3.63) is 123 Å². The fourth-order valence-corrected chi connectivity index (χ4v) is 4.89. The molecule has 0 aromatic heterocycles. The molecule has 1 N–H and O–H groups in total. The predicted molar refractivity (Wildman–Crippen MR) is 149 cm³/mol. The maximum Gasteiger partial charge on any atom is 0.339 e. The van der Waals surface area contributed by atoms with Gasteiger partial charge in [0, 0.05) is 23.3 Å². The number of halogens is 3. The van der Waals surface area contributed by atoms with Gasteiger partial charge in [0.2, 0.25) is 0 Å². The van der Waals surface area contributed by atoms with Crippen molar-refractivity contribution in [2.45, 2.75) is 26.0 Å². The highest BCUT2D eigenvalue weighted by molar-refractivity contribution is 9.10. The third kappa shape index (κ3) is 5.79. The van der Waals surface area contributed by atoms with Crippen molar-refractivity contribution >= 4 is 27.6 Å². The molecule has 0 aliphatic rings. The molecule has 0 bridgehead atoms. The minimum atomic E-state index is -0.940. The second-order valence-corrected chi connectivity index (χ2v) is 9.78. The highest BCUT2D eigenvalue weighted by atomic mass is 79.9. The van der Waals surface area contributed by atoms with Gasteiger partial charge in [-0.2, -0.15) is 0 Å². The molecule has 0 amide bonds. The average molecular weight is 580 g/mol. The largest absolute Gasteiger partial charge is 0.465 e. The summed E-state index contributed by atoms with van der Waals surface area (Å²) in [7, 11) is 1.32. The fourth-order valence-electron chi connectivity index (χ4n) is 4.53. The highest BCUT2D eigenvalue weighted by Crippen LogP contribution is 2.37. The van der Waals surface area contributed by atoms with Gasteiger partial charge in [-0.3, -0.25) is 0 Å². The first-order chi connectivity index (χ1) is 18.3. The number of esters is 1. The molecule has 4 rings (SSSR count). The Bertz CT molecular complexity index is 1440. The molecular formula is C31H28BrF2NO3. The van der Waals surface area contributed by atoms with Crippen LogP contribution in [0.1, 0.15) is 40.9 Å². The van der Waals surface area contributed by atoms with Gasteiger partial charge in [-0.1, -0.05) is 64.5 Å². The molecular weight excluding hydrogens is 552 g/mol. The summed E-state index contributed by atoms with van der Waals surface area (Å²) in [5.41, 5.74) is 4.15. The zero-order valence-corrected chi connectivity index (χ0v) is 22.9. The lowest BCUT2D eigenvalue weighted by Crippen LogP contribution is -2.29. The number of anilines is 1. The van der Waals surface area contributed by atoms with Gasteiger partial charge in [0.15, 0.2) is 11.6 Å². The van der Waals surface area contributed by atoms with E-state index in [2.05, 4.69) is 21.2 Å². The molecule has 0 fully saturated rings. The molecule has 0 radical (unpaired) electrons. The Labute approximate surface area is 229 Å². The Morgan fingerprint density at radius 3 is 2.32 bits per heavy atom. The van der Waals surface area contributed by atoms with Crippen molar-refractivity contribution in [1.82, 2.24) is 0 Å². The van der Waals surface area contributed by atoms with Crippen molar-refractivity contribution in [3.8, 4) is 11.1 Å². The Kier molecular flexibility index (Phi) is 8.59. The minimum Gasteiger partial charge on any atom is -0.465 e. The Hall–Kier alpha value is -3.55. The van der Waals surface area contributed by atoms with Gasteiger partial charge in [0.05, 0.1) is 12.7 Å². The summed E-state index contributed by atoms with van der Waals surface area (Å²) in [5.74, 6) is -2.37. The summed E-state index contributed by atoms with van der Waals surface area (Å²) < 4.78 is 39.6. The number of hydrogen-bond donors (Lipinski definition) is 1. The number of hydrogen-bond acceptors (Lipinski definition) is 4. The molecule has 1 atom stereocenters.